The highest BCUT2D eigenvalue weighted by Gasteiger charge is 2.38. The Morgan fingerprint density at radius 1 is 1.07 bits per heavy atom. The van der Waals surface area contributed by atoms with Crippen molar-refractivity contribution in [1.82, 2.24) is 0 Å². The van der Waals surface area contributed by atoms with Crippen LogP contribution in [0.5, 0.6) is 17.2 Å². The summed E-state index contributed by atoms with van der Waals surface area (Å²) >= 11 is 0. The molecule has 0 unspecified atom stereocenters. The van der Waals surface area contributed by atoms with Gasteiger partial charge < -0.3 is 19.4 Å². The number of aromatic hydroxyl groups is 2. The molecule has 0 fully saturated rings. The van der Waals surface area contributed by atoms with Gasteiger partial charge in [0.05, 0.1) is 6.61 Å². The molecule has 2 heterocycles. The van der Waals surface area contributed by atoms with Crippen molar-refractivity contribution in [2.24, 2.45) is 10.2 Å². The highest BCUT2D eigenvalue weighted by Crippen LogP contribution is 2.38. The van der Waals surface area contributed by atoms with Crippen molar-refractivity contribution in [3.8, 4) is 40.9 Å². The first-order chi connectivity index (χ1) is 14.5. The quantitative estimate of drug-likeness (QED) is 0.421. The number of terminal acetylenes is 1. The third-order valence-electron chi connectivity index (χ3n) is 4.96. The van der Waals surface area contributed by atoms with Crippen molar-refractivity contribution in [2.45, 2.75) is 31.3 Å². The van der Waals surface area contributed by atoms with Crippen LogP contribution < -0.4 is 10.2 Å². The van der Waals surface area contributed by atoms with Crippen LogP contribution >= 0.6 is 0 Å². The molecule has 30 heavy (non-hydrogen) atoms. The Labute approximate surface area is 172 Å². The number of fused-ring (bicyclic) bond motifs is 1. The van der Waals surface area contributed by atoms with Gasteiger partial charge in [0.1, 0.15) is 34.0 Å². The molecule has 0 amide bonds. The zero-order chi connectivity index (χ0) is 21.1. The smallest absolute Gasteiger partial charge is 0.197 e. The molecular weight excluding hydrogens is 384 g/mol. The minimum atomic E-state index is -0.380. The molecule has 0 bridgehead atoms. The Morgan fingerprint density at radius 2 is 1.83 bits per heavy atom. The second-order valence-corrected chi connectivity index (χ2v) is 7.18. The molecule has 2 aromatic carbocycles. The lowest BCUT2D eigenvalue weighted by Crippen LogP contribution is -2.13. The molecule has 4 rings (SSSR count). The molecule has 1 aromatic heterocycles. The first kappa shape index (κ1) is 19.5. The van der Waals surface area contributed by atoms with E-state index in [1.165, 1.54) is 30.3 Å². The highest BCUT2D eigenvalue weighted by atomic mass is 16.5. The minimum absolute atomic E-state index is 0.0683. The van der Waals surface area contributed by atoms with Crippen LogP contribution in [0.1, 0.15) is 25.7 Å². The highest BCUT2D eigenvalue weighted by molar-refractivity contribution is 5.86. The summed E-state index contributed by atoms with van der Waals surface area (Å²) in [7, 11) is 0. The lowest BCUT2D eigenvalue weighted by molar-refractivity contribution is 0.296. The number of rotatable bonds is 8. The van der Waals surface area contributed by atoms with Gasteiger partial charge in [-0.3, -0.25) is 4.79 Å². The summed E-state index contributed by atoms with van der Waals surface area (Å²) < 4.78 is 11.6. The predicted octanol–water partition coefficient (Wildman–Crippen LogP) is 4.61. The van der Waals surface area contributed by atoms with Gasteiger partial charge in [0.15, 0.2) is 11.1 Å². The monoisotopic (exact) mass is 404 g/mol. The molecule has 3 aromatic rings. The van der Waals surface area contributed by atoms with E-state index in [0.717, 1.165) is 6.42 Å². The van der Waals surface area contributed by atoms with E-state index in [1.807, 2.05) is 0 Å². The maximum Gasteiger partial charge on any atom is 0.197 e. The summed E-state index contributed by atoms with van der Waals surface area (Å²) in [4.78, 5) is 12.8. The van der Waals surface area contributed by atoms with Crippen LogP contribution in [-0.4, -0.2) is 22.5 Å². The fraction of sp³-hybridized carbons (Fsp3) is 0.261. The molecule has 2 N–H and O–H groups in total. The van der Waals surface area contributed by atoms with E-state index in [2.05, 4.69) is 16.1 Å². The molecular formula is C23H20N2O5. The van der Waals surface area contributed by atoms with Crippen molar-refractivity contribution >= 4 is 11.0 Å². The number of nitrogens with zero attached hydrogens (tertiary/aromatic N) is 2. The van der Waals surface area contributed by atoms with Crippen LogP contribution in [0.15, 0.2) is 61.9 Å². The topological polar surface area (TPSA) is 105 Å². The number of benzene rings is 2. The summed E-state index contributed by atoms with van der Waals surface area (Å²) in [6.07, 6.45) is 8.03. The third-order valence-corrected chi connectivity index (χ3v) is 4.96. The Hall–Kier alpha value is -3.79. The van der Waals surface area contributed by atoms with Gasteiger partial charge in [0.2, 0.25) is 0 Å². The van der Waals surface area contributed by atoms with Crippen LogP contribution in [0, 0.1) is 12.3 Å². The fourth-order valence-electron chi connectivity index (χ4n) is 3.33. The first-order valence-corrected chi connectivity index (χ1v) is 9.60. The Balaban J connectivity index is 1.53. The number of phenols is 2. The second-order valence-electron chi connectivity index (χ2n) is 7.18. The van der Waals surface area contributed by atoms with Crippen LogP contribution in [0.2, 0.25) is 0 Å². The predicted molar refractivity (Wildman–Crippen MR) is 112 cm³/mol. The Kier molecular flexibility index (Phi) is 5.15. The minimum Gasteiger partial charge on any atom is -0.508 e. The van der Waals surface area contributed by atoms with Gasteiger partial charge in [-0.25, -0.2) is 0 Å². The summed E-state index contributed by atoms with van der Waals surface area (Å²) in [5.74, 6) is 3.23. The zero-order valence-corrected chi connectivity index (χ0v) is 16.2. The summed E-state index contributed by atoms with van der Waals surface area (Å²) in [5, 5.41) is 28.0. The molecule has 1 aliphatic rings. The van der Waals surface area contributed by atoms with Crippen molar-refractivity contribution in [1.29, 1.82) is 0 Å². The van der Waals surface area contributed by atoms with E-state index in [-0.39, 0.29) is 39.3 Å². The van der Waals surface area contributed by atoms with E-state index >= 15 is 0 Å². The number of hydrogen-bond donors (Lipinski definition) is 2. The average Bonchev–Trinajstić information content (AvgIpc) is 3.49. The summed E-state index contributed by atoms with van der Waals surface area (Å²) in [6, 6.07) is 10.4. The van der Waals surface area contributed by atoms with E-state index in [4.69, 9.17) is 15.6 Å². The van der Waals surface area contributed by atoms with Crippen molar-refractivity contribution < 1.29 is 19.4 Å². The van der Waals surface area contributed by atoms with E-state index in [9.17, 15) is 15.0 Å². The van der Waals surface area contributed by atoms with E-state index in [1.54, 1.807) is 12.1 Å². The summed E-state index contributed by atoms with van der Waals surface area (Å²) in [6.45, 7) is 0.334. The second kappa shape index (κ2) is 7.91. The molecule has 0 atom stereocenters. The third kappa shape index (κ3) is 4.13. The molecule has 0 spiro atoms. The SMILES string of the molecule is C#CCCC1(CCCOc2cc(O)cc3oc(-c4ccc(O)cc4)cc(=O)c23)N=N1. The van der Waals surface area contributed by atoms with Gasteiger partial charge in [-0.15, -0.1) is 12.3 Å². The van der Waals surface area contributed by atoms with Gasteiger partial charge in [-0.2, -0.15) is 10.2 Å². The van der Waals surface area contributed by atoms with Crippen LogP contribution in [0.3, 0.4) is 0 Å². The Morgan fingerprint density at radius 3 is 2.53 bits per heavy atom. The molecule has 0 saturated carbocycles. The van der Waals surface area contributed by atoms with Crippen molar-refractivity contribution in [2.75, 3.05) is 6.61 Å². The molecule has 0 aliphatic carbocycles. The fourth-order valence-corrected chi connectivity index (χ4v) is 3.33. The van der Waals surface area contributed by atoms with Gasteiger partial charge >= 0.3 is 0 Å². The lowest BCUT2D eigenvalue weighted by Gasteiger charge is -2.12. The van der Waals surface area contributed by atoms with Crippen LogP contribution in [0.4, 0.5) is 0 Å². The number of ether oxygens (including phenoxy) is 1. The molecule has 0 saturated heterocycles. The van der Waals surface area contributed by atoms with E-state index in [0.29, 0.717) is 37.2 Å². The van der Waals surface area contributed by atoms with Gasteiger partial charge in [0, 0.05) is 36.6 Å². The standard InChI is InChI=1S/C23H20N2O5/c1-2-3-9-23(24-25-23)10-4-11-29-20-12-17(27)13-21-22(20)18(28)14-19(30-21)15-5-7-16(26)8-6-15/h1,5-8,12-14,26-27H,3-4,9-11H2. The van der Waals surface area contributed by atoms with Gasteiger partial charge in [-0.05, 0) is 37.1 Å². The van der Waals surface area contributed by atoms with Gasteiger partial charge in [0.25, 0.3) is 0 Å². The molecule has 7 heteroatoms. The average molecular weight is 404 g/mol. The molecule has 1 aliphatic heterocycles. The largest absolute Gasteiger partial charge is 0.508 e. The van der Waals surface area contributed by atoms with E-state index < -0.39 is 0 Å². The van der Waals surface area contributed by atoms with Crippen LogP contribution in [0.25, 0.3) is 22.3 Å². The first-order valence-electron chi connectivity index (χ1n) is 9.60. The van der Waals surface area contributed by atoms with Crippen LogP contribution in [-0.2, 0) is 0 Å². The lowest BCUT2D eigenvalue weighted by atomic mass is 10.0. The normalized spacial score (nSPS) is 13.8. The maximum atomic E-state index is 12.8. The molecule has 7 nitrogen and oxygen atoms in total. The van der Waals surface area contributed by atoms with Crippen molar-refractivity contribution in [3.05, 3.63) is 52.7 Å². The number of phenolic OH excluding ortho intramolecular Hbond substituents is 2. The maximum absolute atomic E-state index is 12.8. The Bertz CT molecular complexity index is 1200. The zero-order valence-electron chi connectivity index (χ0n) is 16.2. The van der Waals surface area contributed by atoms with Crippen molar-refractivity contribution in [3.63, 3.8) is 0 Å². The number of hydrogen-bond acceptors (Lipinski definition) is 7. The van der Waals surface area contributed by atoms with Gasteiger partial charge in [-0.1, -0.05) is 0 Å². The molecule has 0 radical (unpaired) electrons. The summed E-state index contributed by atoms with van der Waals surface area (Å²) in [5.41, 5.74) is 0.186. The molecule has 152 valence electrons.